The zero-order chi connectivity index (χ0) is 13.0. The molecule has 1 heterocycles. The van der Waals surface area contributed by atoms with Gasteiger partial charge in [-0.3, -0.25) is 4.90 Å². The zero-order valence-corrected chi connectivity index (χ0v) is 11.5. The molecule has 1 aliphatic heterocycles. The SMILES string of the molecule is CCC(=CCN1CCC2(CCCC2)CC1)C(=O)O. The molecule has 1 N–H and O–H groups in total. The van der Waals surface area contributed by atoms with Crippen molar-refractivity contribution in [3.8, 4) is 0 Å². The van der Waals surface area contributed by atoms with Crippen LogP contribution in [0.5, 0.6) is 0 Å². The Hall–Kier alpha value is -0.830. The van der Waals surface area contributed by atoms with E-state index in [9.17, 15) is 4.79 Å². The number of hydrogen-bond donors (Lipinski definition) is 1. The van der Waals surface area contributed by atoms with E-state index in [0.717, 1.165) is 19.6 Å². The topological polar surface area (TPSA) is 40.5 Å². The predicted octanol–water partition coefficient (Wildman–Crippen LogP) is 3.06. The third-order valence-electron chi connectivity index (χ3n) is 4.83. The summed E-state index contributed by atoms with van der Waals surface area (Å²) in [6.07, 6.45) is 10.8. The summed E-state index contributed by atoms with van der Waals surface area (Å²) >= 11 is 0. The first-order chi connectivity index (χ1) is 8.65. The van der Waals surface area contributed by atoms with Gasteiger partial charge in [0.25, 0.3) is 0 Å². The molecule has 0 amide bonds. The molecule has 0 aromatic carbocycles. The minimum atomic E-state index is -0.762. The number of carboxylic acid groups (broad SMARTS) is 1. The van der Waals surface area contributed by atoms with Crippen molar-refractivity contribution < 1.29 is 9.90 Å². The minimum absolute atomic E-state index is 0.552. The number of aliphatic carboxylic acids is 1. The fourth-order valence-corrected chi connectivity index (χ4v) is 3.46. The molecule has 2 fully saturated rings. The van der Waals surface area contributed by atoms with E-state index < -0.39 is 5.97 Å². The molecule has 18 heavy (non-hydrogen) atoms. The molecule has 2 aliphatic rings. The fourth-order valence-electron chi connectivity index (χ4n) is 3.46. The minimum Gasteiger partial charge on any atom is -0.478 e. The van der Waals surface area contributed by atoms with Crippen LogP contribution in [0.4, 0.5) is 0 Å². The first kappa shape index (κ1) is 13.6. The lowest BCUT2D eigenvalue weighted by Gasteiger charge is -2.39. The summed E-state index contributed by atoms with van der Waals surface area (Å²) in [6.45, 7) is 5.01. The van der Waals surface area contributed by atoms with Crippen LogP contribution in [0.15, 0.2) is 11.6 Å². The number of carbonyl (C=O) groups is 1. The summed E-state index contributed by atoms with van der Waals surface area (Å²) in [6, 6.07) is 0. The Morgan fingerprint density at radius 2 is 1.83 bits per heavy atom. The van der Waals surface area contributed by atoms with Crippen molar-refractivity contribution >= 4 is 5.97 Å². The van der Waals surface area contributed by atoms with Crippen molar-refractivity contribution in [2.45, 2.75) is 51.9 Å². The second kappa shape index (κ2) is 5.87. The number of hydrogen-bond acceptors (Lipinski definition) is 2. The Labute approximate surface area is 110 Å². The van der Waals surface area contributed by atoms with Crippen molar-refractivity contribution in [3.63, 3.8) is 0 Å². The number of likely N-dealkylation sites (tertiary alicyclic amines) is 1. The van der Waals surface area contributed by atoms with Crippen LogP contribution in [-0.2, 0) is 4.79 Å². The third-order valence-corrected chi connectivity index (χ3v) is 4.83. The number of carboxylic acids is 1. The van der Waals surface area contributed by atoms with Gasteiger partial charge in [-0.2, -0.15) is 0 Å². The molecule has 1 saturated heterocycles. The molecule has 1 saturated carbocycles. The van der Waals surface area contributed by atoms with Gasteiger partial charge in [0.15, 0.2) is 0 Å². The van der Waals surface area contributed by atoms with Gasteiger partial charge in [0.2, 0.25) is 0 Å². The van der Waals surface area contributed by atoms with Crippen LogP contribution in [0.2, 0.25) is 0 Å². The molecule has 2 rings (SSSR count). The molecule has 0 radical (unpaired) electrons. The van der Waals surface area contributed by atoms with Crippen LogP contribution >= 0.6 is 0 Å². The van der Waals surface area contributed by atoms with Gasteiger partial charge in [-0.05, 0) is 50.6 Å². The highest BCUT2D eigenvalue weighted by Crippen LogP contribution is 2.45. The summed E-state index contributed by atoms with van der Waals surface area (Å²) in [5.41, 5.74) is 1.21. The second-order valence-electron chi connectivity index (χ2n) is 5.90. The first-order valence-corrected chi connectivity index (χ1v) is 7.30. The van der Waals surface area contributed by atoms with Crippen molar-refractivity contribution in [1.29, 1.82) is 0 Å². The van der Waals surface area contributed by atoms with E-state index in [2.05, 4.69) is 4.90 Å². The van der Waals surface area contributed by atoms with Crippen molar-refractivity contribution in [2.24, 2.45) is 5.41 Å². The molecule has 1 spiro atoms. The quantitative estimate of drug-likeness (QED) is 0.781. The van der Waals surface area contributed by atoms with Gasteiger partial charge >= 0.3 is 5.97 Å². The first-order valence-electron chi connectivity index (χ1n) is 7.30. The molecular weight excluding hydrogens is 226 g/mol. The van der Waals surface area contributed by atoms with E-state index in [0.29, 0.717) is 17.4 Å². The van der Waals surface area contributed by atoms with Crippen LogP contribution in [-0.4, -0.2) is 35.6 Å². The van der Waals surface area contributed by atoms with Crippen LogP contribution < -0.4 is 0 Å². The molecule has 3 heteroatoms. The lowest BCUT2D eigenvalue weighted by atomic mass is 9.77. The largest absolute Gasteiger partial charge is 0.478 e. The average molecular weight is 251 g/mol. The van der Waals surface area contributed by atoms with Gasteiger partial charge in [0.1, 0.15) is 0 Å². The van der Waals surface area contributed by atoms with Crippen molar-refractivity contribution in [3.05, 3.63) is 11.6 Å². The summed E-state index contributed by atoms with van der Waals surface area (Å²) in [5.74, 6) is -0.762. The van der Waals surface area contributed by atoms with E-state index in [1.807, 2.05) is 13.0 Å². The highest BCUT2D eigenvalue weighted by atomic mass is 16.4. The summed E-state index contributed by atoms with van der Waals surface area (Å²) in [4.78, 5) is 13.3. The smallest absolute Gasteiger partial charge is 0.331 e. The molecular formula is C15H25NO2. The van der Waals surface area contributed by atoms with Crippen molar-refractivity contribution in [2.75, 3.05) is 19.6 Å². The molecule has 0 aromatic rings. The van der Waals surface area contributed by atoms with Gasteiger partial charge in [-0.15, -0.1) is 0 Å². The van der Waals surface area contributed by atoms with Crippen LogP contribution in [0.25, 0.3) is 0 Å². The van der Waals surface area contributed by atoms with E-state index in [-0.39, 0.29) is 0 Å². The Kier molecular flexibility index (Phi) is 4.44. The standard InChI is InChI=1S/C15H25NO2/c1-2-13(14(17)18)5-10-16-11-8-15(9-12-16)6-3-4-7-15/h5H,2-4,6-12H2,1H3,(H,17,18). The highest BCUT2D eigenvalue weighted by Gasteiger charge is 2.36. The van der Waals surface area contributed by atoms with Gasteiger partial charge in [-0.1, -0.05) is 25.8 Å². The lowest BCUT2D eigenvalue weighted by Crippen LogP contribution is -2.38. The van der Waals surface area contributed by atoms with Crippen LogP contribution in [0.3, 0.4) is 0 Å². The Balaban J connectivity index is 1.81. The second-order valence-corrected chi connectivity index (χ2v) is 5.90. The molecule has 102 valence electrons. The third kappa shape index (κ3) is 3.14. The predicted molar refractivity (Wildman–Crippen MR) is 72.6 cm³/mol. The Morgan fingerprint density at radius 1 is 1.22 bits per heavy atom. The maximum atomic E-state index is 10.9. The van der Waals surface area contributed by atoms with Crippen molar-refractivity contribution in [1.82, 2.24) is 4.90 Å². The lowest BCUT2D eigenvalue weighted by molar-refractivity contribution is -0.132. The van der Waals surface area contributed by atoms with E-state index in [4.69, 9.17) is 5.11 Å². The maximum Gasteiger partial charge on any atom is 0.331 e. The number of nitrogens with zero attached hydrogens (tertiary/aromatic N) is 1. The summed E-state index contributed by atoms with van der Waals surface area (Å²) < 4.78 is 0. The van der Waals surface area contributed by atoms with Crippen LogP contribution in [0.1, 0.15) is 51.9 Å². The zero-order valence-electron chi connectivity index (χ0n) is 11.5. The summed E-state index contributed by atoms with van der Waals surface area (Å²) in [5, 5.41) is 8.98. The maximum absolute atomic E-state index is 10.9. The Bertz CT molecular complexity index is 319. The molecule has 1 aliphatic carbocycles. The molecule has 3 nitrogen and oxygen atoms in total. The number of piperidine rings is 1. The number of rotatable bonds is 4. The van der Waals surface area contributed by atoms with Crippen LogP contribution in [0, 0.1) is 5.41 Å². The molecule has 0 atom stereocenters. The van der Waals surface area contributed by atoms with E-state index >= 15 is 0 Å². The molecule has 0 aromatic heterocycles. The monoisotopic (exact) mass is 251 g/mol. The average Bonchev–Trinajstić information content (AvgIpc) is 2.81. The van der Waals surface area contributed by atoms with E-state index in [1.54, 1.807) is 0 Å². The van der Waals surface area contributed by atoms with E-state index in [1.165, 1.54) is 38.5 Å². The summed E-state index contributed by atoms with van der Waals surface area (Å²) in [7, 11) is 0. The highest BCUT2D eigenvalue weighted by molar-refractivity contribution is 5.86. The normalized spacial score (nSPS) is 24.6. The van der Waals surface area contributed by atoms with Gasteiger partial charge < -0.3 is 5.11 Å². The Morgan fingerprint density at radius 3 is 2.33 bits per heavy atom. The van der Waals surface area contributed by atoms with Gasteiger partial charge in [-0.25, -0.2) is 4.79 Å². The fraction of sp³-hybridized carbons (Fsp3) is 0.800. The molecule has 0 unspecified atom stereocenters. The van der Waals surface area contributed by atoms with Gasteiger partial charge in [0.05, 0.1) is 0 Å². The molecule has 0 bridgehead atoms. The van der Waals surface area contributed by atoms with Gasteiger partial charge in [0, 0.05) is 12.1 Å².